The van der Waals surface area contributed by atoms with Gasteiger partial charge in [-0.1, -0.05) is 33.2 Å². The van der Waals surface area contributed by atoms with Crippen molar-refractivity contribution >= 4 is 33.5 Å². The Bertz CT molecular complexity index is 1080. The van der Waals surface area contributed by atoms with E-state index in [0.717, 1.165) is 67.6 Å². The lowest BCUT2D eigenvalue weighted by Gasteiger charge is -2.49. The van der Waals surface area contributed by atoms with Gasteiger partial charge in [0.1, 0.15) is 6.61 Å². The molecule has 0 bridgehead atoms. The monoisotopic (exact) mass is 556 g/mol. The molecule has 3 heterocycles. The van der Waals surface area contributed by atoms with Gasteiger partial charge in [-0.15, -0.1) is 0 Å². The van der Waals surface area contributed by atoms with E-state index < -0.39 is 0 Å². The van der Waals surface area contributed by atoms with Crippen molar-refractivity contribution in [2.24, 2.45) is 11.1 Å². The number of hydrogen-bond acceptors (Lipinski definition) is 7. The Morgan fingerprint density at radius 3 is 2.25 bits per heavy atom. The van der Waals surface area contributed by atoms with Crippen LogP contribution in [0.15, 0.2) is 33.9 Å². The normalized spacial score (nSPS) is 19.4. The number of likely N-dealkylation sites (tertiary alicyclic amines) is 2. The molecule has 0 aliphatic carbocycles. The van der Waals surface area contributed by atoms with Crippen molar-refractivity contribution in [1.82, 2.24) is 19.8 Å². The summed E-state index contributed by atoms with van der Waals surface area (Å²) in [6.07, 6.45) is 3.98. The van der Waals surface area contributed by atoms with Crippen LogP contribution in [-0.2, 0) is 4.84 Å². The number of amides is 1. The zero-order chi connectivity index (χ0) is 25.9. The summed E-state index contributed by atoms with van der Waals surface area (Å²) in [5.74, 6) is 0.596. The Morgan fingerprint density at radius 2 is 1.69 bits per heavy atom. The molecule has 2 N–H and O–H groups in total. The highest BCUT2D eigenvalue weighted by atomic mass is 79.9. The smallest absolute Gasteiger partial charge is 0.257 e. The molecule has 2 aliphatic heterocycles. The number of anilines is 1. The number of piperidine rings is 2. The van der Waals surface area contributed by atoms with Crippen LogP contribution in [0.3, 0.4) is 0 Å². The van der Waals surface area contributed by atoms with E-state index in [2.05, 4.69) is 67.1 Å². The van der Waals surface area contributed by atoms with Gasteiger partial charge < -0.3 is 15.5 Å². The predicted molar refractivity (Wildman–Crippen MR) is 146 cm³/mol. The van der Waals surface area contributed by atoms with Crippen molar-refractivity contribution in [3.63, 3.8) is 0 Å². The summed E-state index contributed by atoms with van der Waals surface area (Å²) in [4.78, 5) is 31.7. The zero-order valence-corrected chi connectivity index (χ0v) is 23.3. The molecule has 1 amide bonds. The van der Waals surface area contributed by atoms with Crippen molar-refractivity contribution in [3.8, 4) is 0 Å². The molecule has 1 aromatic carbocycles. The molecule has 9 heteroatoms. The second-order valence-corrected chi connectivity index (χ2v) is 11.0. The molecule has 0 spiro atoms. The van der Waals surface area contributed by atoms with Gasteiger partial charge in [0.2, 0.25) is 5.95 Å². The molecule has 0 saturated carbocycles. The number of rotatable bonds is 6. The molecule has 1 aromatic heterocycles. The fraction of sp³-hybridized carbons (Fsp3) is 0.556. The first-order valence-corrected chi connectivity index (χ1v) is 13.6. The largest absolute Gasteiger partial charge is 0.396 e. The first-order chi connectivity index (χ1) is 17.2. The van der Waals surface area contributed by atoms with Gasteiger partial charge in [0, 0.05) is 29.0 Å². The van der Waals surface area contributed by atoms with Gasteiger partial charge in [-0.3, -0.25) is 9.69 Å². The van der Waals surface area contributed by atoms with E-state index in [1.807, 2.05) is 25.7 Å². The molecule has 0 radical (unpaired) electrons. The average molecular weight is 558 g/mol. The summed E-state index contributed by atoms with van der Waals surface area (Å²) in [5, 5.41) is 4.52. The van der Waals surface area contributed by atoms with Crippen LogP contribution >= 0.6 is 15.9 Å². The molecule has 4 rings (SSSR count). The Balaban J connectivity index is 1.38. The van der Waals surface area contributed by atoms with Gasteiger partial charge in [0.05, 0.1) is 22.7 Å². The molecule has 2 aromatic rings. The highest BCUT2D eigenvalue weighted by Gasteiger charge is 2.39. The van der Waals surface area contributed by atoms with E-state index in [1.54, 1.807) is 0 Å². The summed E-state index contributed by atoms with van der Waals surface area (Å²) in [7, 11) is 0. The molecule has 8 nitrogen and oxygen atoms in total. The SMILES string of the molecule is CCO/N=C(\c1ccc(Br)cc1)C1CCN(C2(C)CCN(C(=O)c3c(C)nc(N)nc3C)CC2)CC1. The van der Waals surface area contributed by atoms with Gasteiger partial charge in [-0.25, -0.2) is 9.97 Å². The molecular weight excluding hydrogens is 520 g/mol. The first kappa shape index (κ1) is 26.5. The number of aryl methyl sites for hydroxylation is 2. The van der Waals surface area contributed by atoms with Crippen LogP contribution in [0.5, 0.6) is 0 Å². The van der Waals surface area contributed by atoms with Gasteiger partial charge in [0.15, 0.2) is 0 Å². The Morgan fingerprint density at radius 1 is 1.11 bits per heavy atom. The molecule has 194 valence electrons. The minimum absolute atomic E-state index is 0.0111. The topological polar surface area (TPSA) is 96.9 Å². The van der Waals surface area contributed by atoms with Crippen molar-refractivity contribution < 1.29 is 9.63 Å². The maximum atomic E-state index is 13.3. The predicted octanol–water partition coefficient (Wildman–Crippen LogP) is 4.59. The number of carbonyl (C=O) groups excluding carboxylic acids is 1. The second kappa shape index (κ2) is 11.3. The van der Waals surface area contributed by atoms with Crippen molar-refractivity contribution in [2.45, 2.75) is 58.9 Å². The molecule has 2 saturated heterocycles. The number of oxime groups is 1. The van der Waals surface area contributed by atoms with Gasteiger partial charge in [-0.2, -0.15) is 0 Å². The Labute approximate surface area is 222 Å². The first-order valence-electron chi connectivity index (χ1n) is 12.8. The number of hydrogen-bond donors (Lipinski definition) is 1. The lowest BCUT2D eigenvalue weighted by Crippen LogP contribution is -2.56. The van der Waals surface area contributed by atoms with Gasteiger partial charge in [-0.05, 0) is 84.2 Å². The van der Waals surface area contributed by atoms with E-state index in [0.29, 0.717) is 29.5 Å². The Hall–Kier alpha value is -2.52. The number of benzene rings is 1. The lowest BCUT2D eigenvalue weighted by molar-refractivity contribution is 0.0161. The summed E-state index contributed by atoms with van der Waals surface area (Å²) < 4.78 is 1.06. The molecule has 2 aliphatic rings. The van der Waals surface area contributed by atoms with E-state index in [-0.39, 0.29) is 17.4 Å². The molecule has 36 heavy (non-hydrogen) atoms. The van der Waals surface area contributed by atoms with E-state index in [4.69, 9.17) is 10.6 Å². The lowest BCUT2D eigenvalue weighted by atomic mass is 9.82. The quantitative estimate of drug-likeness (QED) is 0.413. The molecule has 0 atom stereocenters. The van der Waals surface area contributed by atoms with E-state index in [9.17, 15) is 4.79 Å². The maximum absolute atomic E-state index is 13.3. The van der Waals surface area contributed by atoms with Crippen LogP contribution in [0.4, 0.5) is 5.95 Å². The van der Waals surface area contributed by atoms with Gasteiger partial charge >= 0.3 is 0 Å². The highest BCUT2D eigenvalue weighted by Crippen LogP contribution is 2.34. The second-order valence-electron chi connectivity index (χ2n) is 10.1. The minimum atomic E-state index is 0.0111. The van der Waals surface area contributed by atoms with E-state index in [1.165, 1.54) is 0 Å². The Kier molecular flexibility index (Phi) is 8.30. The summed E-state index contributed by atoms with van der Waals surface area (Å²) in [6, 6.07) is 8.33. The summed E-state index contributed by atoms with van der Waals surface area (Å²) >= 11 is 3.52. The van der Waals surface area contributed by atoms with Crippen LogP contribution < -0.4 is 5.73 Å². The number of nitrogen functional groups attached to an aromatic ring is 1. The van der Waals surface area contributed by atoms with Crippen LogP contribution in [0.25, 0.3) is 0 Å². The molecular formula is C27H37BrN6O2. The number of nitrogens with two attached hydrogens (primary N) is 1. The number of carbonyl (C=O) groups is 1. The average Bonchev–Trinajstić information content (AvgIpc) is 2.85. The number of aromatic nitrogens is 2. The summed E-state index contributed by atoms with van der Waals surface area (Å²) in [5.41, 5.74) is 9.89. The fourth-order valence-corrected chi connectivity index (χ4v) is 5.79. The standard InChI is InChI=1S/C27H37BrN6O2/c1-5-36-32-24(20-6-8-22(28)9-7-20)21-10-14-34(15-11-21)27(4)12-16-33(17-13-27)25(35)23-18(2)30-26(29)31-19(23)3/h6-9,21H,5,10-17H2,1-4H3,(H2,29,30,31)/b32-24+. The third-order valence-electron chi connectivity index (χ3n) is 7.71. The van der Waals surface area contributed by atoms with Crippen molar-refractivity contribution in [2.75, 3.05) is 38.5 Å². The van der Waals surface area contributed by atoms with Crippen LogP contribution in [0.2, 0.25) is 0 Å². The fourth-order valence-electron chi connectivity index (χ4n) is 5.53. The third kappa shape index (κ3) is 5.72. The van der Waals surface area contributed by atoms with Crippen LogP contribution in [0.1, 0.15) is 66.8 Å². The van der Waals surface area contributed by atoms with Crippen molar-refractivity contribution in [3.05, 3.63) is 51.3 Å². The van der Waals surface area contributed by atoms with E-state index >= 15 is 0 Å². The van der Waals surface area contributed by atoms with Gasteiger partial charge in [0.25, 0.3) is 5.91 Å². The highest BCUT2D eigenvalue weighted by molar-refractivity contribution is 9.10. The molecule has 0 unspecified atom stereocenters. The zero-order valence-electron chi connectivity index (χ0n) is 21.8. The van der Waals surface area contributed by atoms with Crippen molar-refractivity contribution in [1.29, 1.82) is 0 Å². The minimum Gasteiger partial charge on any atom is -0.396 e. The maximum Gasteiger partial charge on any atom is 0.257 e. The summed E-state index contributed by atoms with van der Waals surface area (Å²) in [6.45, 7) is 12.0. The molecule has 2 fully saturated rings. The van der Waals surface area contributed by atoms with Crippen LogP contribution in [0, 0.1) is 19.8 Å². The number of nitrogens with zero attached hydrogens (tertiary/aromatic N) is 5. The number of halogens is 1. The van der Waals surface area contributed by atoms with Crippen LogP contribution in [-0.4, -0.2) is 69.7 Å². The third-order valence-corrected chi connectivity index (χ3v) is 8.24.